The third-order valence-corrected chi connectivity index (χ3v) is 4.53. The maximum Gasteiger partial charge on any atom is 0.395 e. The maximum absolute atomic E-state index is 12.6. The van der Waals surface area contributed by atoms with Crippen LogP contribution < -0.4 is 0 Å². The topological polar surface area (TPSA) is 9.23 Å². The van der Waals surface area contributed by atoms with Crippen LogP contribution in [0.25, 0.3) is 0 Å². The molecule has 1 aromatic rings. The quantitative estimate of drug-likeness (QED) is 0.701. The predicted octanol–water partition coefficient (Wildman–Crippen LogP) is 0.671. The number of rotatable bonds is 3. The highest BCUT2D eigenvalue weighted by Crippen LogP contribution is 2.33. The average Bonchev–Trinajstić information content (AvgIpc) is 2.14. The van der Waals surface area contributed by atoms with E-state index in [9.17, 15) is 13.2 Å². The van der Waals surface area contributed by atoms with Crippen LogP contribution >= 0.6 is 0 Å². The Morgan fingerprint density at radius 3 is 2.21 bits per heavy atom. The molecule has 0 aliphatic heterocycles. The molecule has 1 nitrogen and oxygen atoms in total. The highest BCUT2D eigenvalue weighted by molar-refractivity contribution is 6.36. The van der Waals surface area contributed by atoms with Crippen LogP contribution in [0, 0.1) is 0 Å². The molecule has 1 aromatic carbocycles. The minimum atomic E-state index is -4.17. The van der Waals surface area contributed by atoms with Gasteiger partial charge < -0.3 is 4.12 Å². The minimum Gasteiger partial charge on any atom is -0.467 e. The summed E-state index contributed by atoms with van der Waals surface area (Å²) in [7, 11) is -1.15. The van der Waals surface area contributed by atoms with Gasteiger partial charge in [-0.1, -0.05) is 30.3 Å². The zero-order chi connectivity index (χ0) is 10.6. The zero-order valence-corrected chi connectivity index (χ0v) is 11.1. The van der Waals surface area contributed by atoms with Gasteiger partial charge in [0.2, 0.25) is 0 Å². The first-order chi connectivity index (χ1) is 6.55. The number of halogens is 3. The van der Waals surface area contributed by atoms with E-state index in [1.165, 1.54) is 12.1 Å². The summed E-state index contributed by atoms with van der Waals surface area (Å²) in [5.74, 6) is 0. The summed E-state index contributed by atoms with van der Waals surface area (Å²) < 4.78 is 42.5. The molecule has 0 aliphatic carbocycles. The first-order valence-corrected chi connectivity index (χ1v) is 6.37. The Bertz CT molecular complexity index is 276. The van der Waals surface area contributed by atoms with Crippen LogP contribution in [0.2, 0.25) is 0 Å². The predicted molar refractivity (Wildman–Crippen MR) is 54.8 cm³/mol. The van der Waals surface area contributed by atoms with Crippen molar-refractivity contribution in [3.05, 3.63) is 35.9 Å². The van der Waals surface area contributed by atoms with Crippen molar-refractivity contribution in [1.82, 2.24) is 0 Å². The molecule has 1 unspecified atom stereocenters. The molecule has 0 aromatic heterocycles. The lowest BCUT2D eigenvalue weighted by molar-refractivity contribution is -0.133. The first-order valence-electron chi connectivity index (χ1n) is 4.16. The van der Waals surface area contributed by atoms with Gasteiger partial charge in [-0.2, -0.15) is 13.2 Å². The van der Waals surface area contributed by atoms with E-state index in [1.54, 1.807) is 18.2 Å². The van der Waals surface area contributed by atoms with Crippen LogP contribution in [0.5, 0.6) is 0 Å². The van der Waals surface area contributed by atoms with Crippen molar-refractivity contribution < 1.29 is 17.3 Å². The molecule has 0 radical (unpaired) electrons. The van der Waals surface area contributed by atoms with Crippen LogP contribution in [-0.4, -0.2) is 26.4 Å². The summed E-state index contributed by atoms with van der Waals surface area (Å²) in [5.41, 5.74) is -1.04. The summed E-state index contributed by atoms with van der Waals surface area (Å²) >= 11 is 0. The number of hydrogen-bond acceptors (Lipinski definition) is 1. The standard InChI is InChI=1S/C8H11F3OSi2/c9-8(10,11)7(14-12-13)6-4-2-1-3-5-6/h1-5,7H,14H2,13H3. The zero-order valence-electron chi connectivity index (χ0n) is 7.71. The molecule has 0 spiro atoms. The van der Waals surface area contributed by atoms with E-state index >= 15 is 0 Å². The van der Waals surface area contributed by atoms with Gasteiger partial charge in [0.05, 0.1) is 5.54 Å². The van der Waals surface area contributed by atoms with Gasteiger partial charge in [-0.25, -0.2) is 0 Å². The van der Waals surface area contributed by atoms with Gasteiger partial charge in [0.1, 0.15) is 10.5 Å². The van der Waals surface area contributed by atoms with Gasteiger partial charge in [-0.05, 0) is 5.56 Å². The lowest BCUT2D eigenvalue weighted by atomic mass is 10.1. The fourth-order valence-electron chi connectivity index (χ4n) is 1.23. The van der Waals surface area contributed by atoms with Crippen LogP contribution in [0.15, 0.2) is 30.3 Å². The molecule has 14 heavy (non-hydrogen) atoms. The molecule has 0 fully saturated rings. The Morgan fingerprint density at radius 2 is 1.79 bits per heavy atom. The fourth-order valence-corrected chi connectivity index (χ4v) is 3.22. The Hall–Kier alpha value is -0.596. The van der Waals surface area contributed by atoms with Crippen molar-refractivity contribution in [2.24, 2.45) is 0 Å². The SMILES string of the molecule is FC(F)(F)C([SiH2]O[SiH3])c1ccccc1. The Morgan fingerprint density at radius 1 is 1.21 bits per heavy atom. The monoisotopic (exact) mass is 236 g/mol. The van der Waals surface area contributed by atoms with Crippen LogP contribution in [0.4, 0.5) is 13.2 Å². The smallest absolute Gasteiger partial charge is 0.395 e. The number of benzene rings is 1. The van der Waals surface area contributed by atoms with Crippen molar-refractivity contribution in [2.75, 3.05) is 0 Å². The molecular formula is C8H11F3OSi2. The average molecular weight is 236 g/mol. The van der Waals surface area contributed by atoms with E-state index in [0.29, 0.717) is 16.0 Å². The molecule has 78 valence electrons. The van der Waals surface area contributed by atoms with Crippen LogP contribution in [0.3, 0.4) is 0 Å². The van der Waals surface area contributed by atoms with Crippen molar-refractivity contribution in [1.29, 1.82) is 0 Å². The third-order valence-electron chi connectivity index (χ3n) is 1.93. The molecule has 0 saturated carbocycles. The number of alkyl halides is 3. The second kappa shape index (κ2) is 4.76. The molecular weight excluding hydrogens is 225 g/mol. The lowest BCUT2D eigenvalue weighted by Gasteiger charge is -2.19. The molecule has 0 saturated heterocycles. The maximum atomic E-state index is 12.6. The van der Waals surface area contributed by atoms with E-state index in [4.69, 9.17) is 4.12 Å². The highest BCUT2D eigenvalue weighted by Gasteiger charge is 2.40. The second-order valence-electron chi connectivity index (χ2n) is 2.96. The van der Waals surface area contributed by atoms with Crippen molar-refractivity contribution in [3.8, 4) is 0 Å². The van der Waals surface area contributed by atoms with E-state index in [0.717, 1.165) is 0 Å². The van der Waals surface area contributed by atoms with E-state index in [1.807, 2.05) is 0 Å². The molecule has 0 aliphatic rings. The second-order valence-corrected chi connectivity index (χ2v) is 6.42. The highest BCUT2D eigenvalue weighted by atomic mass is 28.3. The molecule has 0 amide bonds. The van der Waals surface area contributed by atoms with Crippen LogP contribution in [-0.2, 0) is 4.12 Å². The summed E-state index contributed by atoms with van der Waals surface area (Å²) in [6.07, 6.45) is -4.17. The summed E-state index contributed by atoms with van der Waals surface area (Å²) in [6, 6.07) is 7.96. The Balaban J connectivity index is 2.89. The fraction of sp³-hybridized carbons (Fsp3) is 0.250. The largest absolute Gasteiger partial charge is 0.467 e. The van der Waals surface area contributed by atoms with E-state index in [2.05, 4.69) is 0 Å². The molecule has 1 atom stereocenters. The molecule has 6 heteroatoms. The van der Waals surface area contributed by atoms with E-state index in [-0.39, 0.29) is 0 Å². The lowest BCUT2D eigenvalue weighted by Crippen LogP contribution is -2.27. The van der Waals surface area contributed by atoms with Crippen molar-refractivity contribution in [3.63, 3.8) is 0 Å². The number of hydrogen-bond donors (Lipinski definition) is 0. The molecule has 0 heterocycles. The normalized spacial score (nSPS) is 15.1. The van der Waals surface area contributed by atoms with Gasteiger partial charge in [-0.15, -0.1) is 0 Å². The molecule has 0 bridgehead atoms. The van der Waals surface area contributed by atoms with Gasteiger partial charge in [0, 0.05) is 0 Å². The van der Waals surface area contributed by atoms with Gasteiger partial charge in [0.15, 0.2) is 9.76 Å². The first kappa shape index (κ1) is 11.5. The van der Waals surface area contributed by atoms with Gasteiger partial charge in [-0.3, -0.25) is 0 Å². The van der Waals surface area contributed by atoms with Crippen molar-refractivity contribution in [2.45, 2.75) is 11.7 Å². The van der Waals surface area contributed by atoms with Crippen LogP contribution in [0.1, 0.15) is 11.1 Å². The molecule has 1 rings (SSSR count). The summed E-state index contributed by atoms with van der Waals surface area (Å²) in [6.45, 7) is 0. The summed E-state index contributed by atoms with van der Waals surface area (Å²) in [5, 5.41) is 0. The van der Waals surface area contributed by atoms with Gasteiger partial charge in [0.25, 0.3) is 0 Å². The van der Waals surface area contributed by atoms with E-state index < -0.39 is 21.5 Å². The Labute approximate surface area is 85.8 Å². The van der Waals surface area contributed by atoms with Gasteiger partial charge >= 0.3 is 6.18 Å². The Kier molecular flexibility index (Phi) is 3.90. The third kappa shape index (κ3) is 2.96. The minimum absolute atomic E-state index is 0.322. The summed E-state index contributed by atoms with van der Waals surface area (Å²) in [4.78, 5) is 0. The van der Waals surface area contributed by atoms with Crippen molar-refractivity contribution >= 4 is 20.2 Å². The molecule has 0 N–H and O–H groups in total.